The molecule has 0 atom stereocenters. The molecule has 1 aliphatic rings. The van der Waals surface area contributed by atoms with Crippen molar-refractivity contribution >= 4 is 24.0 Å². The molecule has 3 rings (SSSR count). The molecular weight excluding hydrogens is 362 g/mol. The molecule has 1 fully saturated rings. The second-order valence-corrected chi connectivity index (χ2v) is 7.33. The van der Waals surface area contributed by atoms with Crippen molar-refractivity contribution in [3.8, 4) is 0 Å². The number of nitrogens with one attached hydrogen (secondary N) is 1. The Morgan fingerprint density at radius 3 is 2.44 bits per heavy atom. The third-order valence-corrected chi connectivity index (χ3v) is 5.37. The van der Waals surface area contributed by atoms with Crippen molar-refractivity contribution in [2.75, 3.05) is 11.9 Å². The maximum Gasteiger partial charge on any atom is 0.274 e. The summed E-state index contributed by atoms with van der Waals surface area (Å²) < 4.78 is 1.62. The highest BCUT2D eigenvalue weighted by Crippen LogP contribution is 2.38. The molecule has 1 aromatic carbocycles. The van der Waals surface area contributed by atoms with E-state index in [2.05, 4.69) is 5.32 Å². The largest absolute Gasteiger partial charge is 0.330 e. The van der Waals surface area contributed by atoms with Crippen LogP contribution in [0, 0.1) is 5.41 Å². The van der Waals surface area contributed by atoms with Crippen molar-refractivity contribution in [3.05, 3.63) is 64.6 Å². The Labute approximate surface area is 166 Å². The molecule has 0 radical (unpaired) electrons. The van der Waals surface area contributed by atoms with Crippen LogP contribution in [0.15, 0.2) is 53.5 Å². The number of amides is 1. The molecule has 27 heavy (non-hydrogen) atoms. The number of aromatic nitrogens is 1. The lowest BCUT2D eigenvalue weighted by Crippen LogP contribution is -2.37. The van der Waals surface area contributed by atoms with E-state index in [9.17, 15) is 9.59 Å². The quantitative estimate of drug-likeness (QED) is 0.793. The Kier molecular flexibility index (Phi) is 7.63. The molecule has 6 heteroatoms. The predicted octanol–water partition coefficient (Wildman–Crippen LogP) is 3.56. The van der Waals surface area contributed by atoms with Crippen LogP contribution in [-0.2, 0) is 11.3 Å². The fraction of sp³-hybridized carbons (Fsp3) is 0.429. The summed E-state index contributed by atoms with van der Waals surface area (Å²) in [7, 11) is 0. The minimum atomic E-state index is -0.185. The Hall–Kier alpha value is -2.11. The van der Waals surface area contributed by atoms with Crippen LogP contribution in [-0.4, -0.2) is 17.0 Å². The number of rotatable bonds is 6. The van der Waals surface area contributed by atoms with Gasteiger partial charge in [-0.1, -0.05) is 49.6 Å². The Morgan fingerprint density at radius 2 is 1.78 bits per heavy atom. The van der Waals surface area contributed by atoms with Gasteiger partial charge in [0.15, 0.2) is 0 Å². The van der Waals surface area contributed by atoms with Gasteiger partial charge in [0, 0.05) is 12.6 Å². The van der Waals surface area contributed by atoms with Crippen molar-refractivity contribution in [2.45, 2.75) is 45.1 Å². The van der Waals surface area contributed by atoms with Crippen LogP contribution in [0.3, 0.4) is 0 Å². The third kappa shape index (κ3) is 5.44. The van der Waals surface area contributed by atoms with E-state index in [1.165, 1.54) is 6.42 Å². The van der Waals surface area contributed by atoms with Crippen molar-refractivity contribution in [1.29, 1.82) is 0 Å². The normalized spacial score (nSPS) is 15.6. The standard InChI is InChI=1S/C21H27N3O2.ClH/c22-16-21(11-5-2-6-12-21)14-19(25)23-18-10-7-13-24(20(18)26)15-17-8-3-1-4-9-17;/h1,3-4,7-10,13H,2,5-6,11-12,14-16,22H2,(H,23,25);1H. The molecule has 1 amide bonds. The van der Waals surface area contributed by atoms with Gasteiger partial charge in [-0.25, -0.2) is 0 Å². The van der Waals surface area contributed by atoms with Gasteiger partial charge in [-0.15, -0.1) is 12.4 Å². The van der Waals surface area contributed by atoms with E-state index >= 15 is 0 Å². The third-order valence-electron chi connectivity index (χ3n) is 5.37. The van der Waals surface area contributed by atoms with Gasteiger partial charge in [0.1, 0.15) is 5.69 Å². The maximum atomic E-state index is 12.7. The van der Waals surface area contributed by atoms with Gasteiger partial charge >= 0.3 is 0 Å². The molecule has 3 N–H and O–H groups in total. The molecule has 0 aliphatic heterocycles. The van der Waals surface area contributed by atoms with Crippen LogP contribution >= 0.6 is 12.4 Å². The summed E-state index contributed by atoms with van der Waals surface area (Å²) >= 11 is 0. The van der Waals surface area contributed by atoms with Crippen LogP contribution in [0.25, 0.3) is 0 Å². The minimum absolute atomic E-state index is 0. The fourth-order valence-corrected chi connectivity index (χ4v) is 3.83. The second kappa shape index (κ2) is 9.72. The Bertz CT molecular complexity index is 799. The SMILES string of the molecule is Cl.NCC1(CC(=O)Nc2cccn(Cc3ccccc3)c2=O)CCCCC1. The molecule has 1 aliphatic carbocycles. The molecule has 1 heterocycles. The van der Waals surface area contributed by atoms with Crippen molar-refractivity contribution < 1.29 is 4.79 Å². The number of nitrogens with two attached hydrogens (primary N) is 1. The fourth-order valence-electron chi connectivity index (χ4n) is 3.83. The van der Waals surface area contributed by atoms with Crippen LogP contribution in [0.1, 0.15) is 44.1 Å². The first kappa shape index (κ1) is 21.2. The second-order valence-electron chi connectivity index (χ2n) is 7.33. The van der Waals surface area contributed by atoms with Gasteiger partial charge in [0.25, 0.3) is 5.56 Å². The smallest absolute Gasteiger partial charge is 0.274 e. The molecule has 1 aromatic heterocycles. The zero-order valence-electron chi connectivity index (χ0n) is 15.5. The van der Waals surface area contributed by atoms with Crippen LogP contribution in [0.2, 0.25) is 0 Å². The lowest BCUT2D eigenvalue weighted by atomic mass is 9.71. The molecule has 0 spiro atoms. The topological polar surface area (TPSA) is 77.1 Å². The first-order valence-electron chi connectivity index (χ1n) is 9.35. The number of carbonyl (C=O) groups excluding carboxylic acids is 1. The average Bonchev–Trinajstić information content (AvgIpc) is 2.66. The molecule has 0 bridgehead atoms. The van der Waals surface area contributed by atoms with E-state index in [-0.39, 0.29) is 29.3 Å². The van der Waals surface area contributed by atoms with Crippen LogP contribution < -0.4 is 16.6 Å². The van der Waals surface area contributed by atoms with Gasteiger partial charge in [-0.3, -0.25) is 9.59 Å². The summed E-state index contributed by atoms with van der Waals surface area (Å²) in [4.78, 5) is 25.2. The number of halogens is 1. The summed E-state index contributed by atoms with van der Waals surface area (Å²) in [6, 6.07) is 13.3. The molecule has 2 aromatic rings. The number of hydrogen-bond acceptors (Lipinski definition) is 3. The van der Waals surface area contributed by atoms with Crippen LogP contribution in [0.5, 0.6) is 0 Å². The Balaban J connectivity index is 0.00000261. The highest BCUT2D eigenvalue weighted by Gasteiger charge is 2.33. The van der Waals surface area contributed by atoms with Gasteiger partial charge in [0.2, 0.25) is 5.91 Å². The zero-order chi connectivity index (χ0) is 18.4. The van der Waals surface area contributed by atoms with Crippen molar-refractivity contribution in [3.63, 3.8) is 0 Å². The van der Waals surface area contributed by atoms with E-state index in [1.54, 1.807) is 22.9 Å². The highest BCUT2D eigenvalue weighted by molar-refractivity contribution is 5.91. The van der Waals surface area contributed by atoms with E-state index in [4.69, 9.17) is 5.73 Å². The predicted molar refractivity (Wildman–Crippen MR) is 111 cm³/mol. The molecule has 5 nitrogen and oxygen atoms in total. The number of benzene rings is 1. The number of hydrogen-bond donors (Lipinski definition) is 2. The Morgan fingerprint density at radius 1 is 1.07 bits per heavy atom. The van der Waals surface area contributed by atoms with Gasteiger partial charge in [-0.2, -0.15) is 0 Å². The zero-order valence-corrected chi connectivity index (χ0v) is 16.3. The summed E-state index contributed by atoms with van der Waals surface area (Å²) in [6.07, 6.45) is 7.57. The van der Waals surface area contributed by atoms with Gasteiger partial charge < -0.3 is 15.6 Å². The molecule has 146 valence electrons. The first-order chi connectivity index (χ1) is 12.6. The lowest BCUT2D eigenvalue weighted by Gasteiger charge is -2.35. The first-order valence-corrected chi connectivity index (χ1v) is 9.35. The van der Waals surface area contributed by atoms with Crippen molar-refractivity contribution in [1.82, 2.24) is 4.57 Å². The molecule has 1 saturated carbocycles. The van der Waals surface area contributed by atoms with Crippen molar-refractivity contribution in [2.24, 2.45) is 11.1 Å². The summed E-state index contributed by atoms with van der Waals surface area (Å²) in [5.41, 5.74) is 7.05. The summed E-state index contributed by atoms with van der Waals surface area (Å²) in [5, 5.41) is 2.81. The molecule has 0 unspecified atom stereocenters. The maximum absolute atomic E-state index is 12.7. The monoisotopic (exact) mass is 389 g/mol. The minimum Gasteiger partial charge on any atom is -0.330 e. The molecule has 0 saturated heterocycles. The number of carbonyl (C=O) groups is 1. The summed E-state index contributed by atoms with van der Waals surface area (Å²) in [6.45, 7) is 1.00. The van der Waals surface area contributed by atoms with E-state index in [0.717, 1.165) is 31.2 Å². The van der Waals surface area contributed by atoms with E-state index < -0.39 is 0 Å². The van der Waals surface area contributed by atoms with Crippen LogP contribution in [0.4, 0.5) is 5.69 Å². The number of pyridine rings is 1. The molecular formula is C21H28ClN3O2. The lowest BCUT2D eigenvalue weighted by molar-refractivity contribution is -0.118. The van der Waals surface area contributed by atoms with Gasteiger partial charge in [0.05, 0.1) is 6.54 Å². The number of anilines is 1. The summed E-state index contributed by atoms with van der Waals surface area (Å²) in [5.74, 6) is -0.119. The van der Waals surface area contributed by atoms with E-state index in [1.807, 2.05) is 30.3 Å². The highest BCUT2D eigenvalue weighted by atomic mass is 35.5. The van der Waals surface area contributed by atoms with Gasteiger partial charge in [-0.05, 0) is 42.5 Å². The van der Waals surface area contributed by atoms with E-state index in [0.29, 0.717) is 25.2 Å². The number of nitrogens with zero attached hydrogens (tertiary/aromatic N) is 1. The average molecular weight is 390 g/mol.